The Balaban J connectivity index is 1.82. The number of unbranched alkanes of at least 4 members (excludes halogenated alkanes) is 7. The average molecular weight is 317 g/mol. The molecule has 0 fully saturated rings. The first-order valence-corrected chi connectivity index (χ1v) is 9.10. The lowest BCUT2D eigenvalue weighted by atomic mass is 10.0. The maximum Gasteiger partial charge on any atom is 0.213 e. The van der Waals surface area contributed by atoms with Gasteiger partial charge in [0.25, 0.3) is 0 Å². The molecule has 128 valence electrons. The summed E-state index contributed by atoms with van der Waals surface area (Å²) < 4.78 is 5.73. The number of aromatic nitrogens is 1. The second kappa shape index (κ2) is 9.68. The van der Waals surface area contributed by atoms with Gasteiger partial charge in [0.2, 0.25) is 5.89 Å². The van der Waals surface area contributed by atoms with Crippen molar-refractivity contribution >= 4 is 11.1 Å². The molecule has 1 aromatic heterocycles. The van der Waals surface area contributed by atoms with Crippen molar-refractivity contribution in [3.05, 3.63) is 29.7 Å². The van der Waals surface area contributed by atoms with Crippen molar-refractivity contribution in [2.45, 2.75) is 70.8 Å². The van der Waals surface area contributed by atoms with Crippen LogP contribution in [0.25, 0.3) is 11.1 Å². The van der Waals surface area contributed by atoms with E-state index >= 15 is 0 Å². The SMILES string of the molecule is CCCCCCCCCCc1cccc2oc(C(N)CN)nc12. The highest BCUT2D eigenvalue weighted by molar-refractivity contribution is 5.76. The van der Waals surface area contributed by atoms with Crippen LogP contribution in [0.2, 0.25) is 0 Å². The Labute approximate surface area is 139 Å². The Morgan fingerprint density at radius 3 is 2.43 bits per heavy atom. The summed E-state index contributed by atoms with van der Waals surface area (Å²) in [6, 6.07) is 5.81. The van der Waals surface area contributed by atoms with Gasteiger partial charge in [-0.2, -0.15) is 0 Å². The van der Waals surface area contributed by atoms with Crippen molar-refractivity contribution in [1.29, 1.82) is 0 Å². The van der Waals surface area contributed by atoms with Gasteiger partial charge in [-0.25, -0.2) is 4.98 Å². The second-order valence-corrected chi connectivity index (χ2v) is 6.38. The molecule has 1 heterocycles. The molecule has 0 spiro atoms. The van der Waals surface area contributed by atoms with Crippen LogP contribution in [-0.2, 0) is 6.42 Å². The number of nitrogens with zero attached hydrogens (tertiary/aromatic N) is 1. The number of nitrogens with two attached hydrogens (primary N) is 2. The molecule has 0 saturated carbocycles. The minimum atomic E-state index is -0.321. The van der Waals surface area contributed by atoms with Crippen LogP contribution < -0.4 is 11.5 Å². The molecule has 1 aromatic carbocycles. The molecule has 23 heavy (non-hydrogen) atoms. The molecule has 1 unspecified atom stereocenters. The summed E-state index contributed by atoms with van der Waals surface area (Å²) in [5.41, 5.74) is 14.5. The molecular formula is C19H31N3O. The molecule has 0 amide bonds. The molecule has 0 radical (unpaired) electrons. The van der Waals surface area contributed by atoms with Crippen LogP contribution in [0.3, 0.4) is 0 Å². The maximum atomic E-state index is 5.92. The van der Waals surface area contributed by atoms with Gasteiger partial charge in [-0.1, -0.05) is 64.0 Å². The fourth-order valence-electron chi connectivity index (χ4n) is 2.93. The molecule has 0 bridgehead atoms. The number of hydrogen-bond donors (Lipinski definition) is 2. The lowest BCUT2D eigenvalue weighted by Gasteiger charge is -2.03. The van der Waals surface area contributed by atoms with Crippen molar-refractivity contribution in [2.75, 3.05) is 6.54 Å². The molecule has 0 aliphatic carbocycles. The van der Waals surface area contributed by atoms with Crippen LogP contribution in [-0.4, -0.2) is 11.5 Å². The van der Waals surface area contributed by atoms with Gasteiger partial charge in [0, 0.05) is 6.54 Å². The molecule has 0 aliphatic rings. The van der Waals surface area contributed by atoms with E-state index in [-0.39, 0.29) is 6.04 Å². The first-order valence-electron chi connectivity index (χ1n) is 9.10. The zero-order valence-electron chi connectivity index (χ0n) is 14.4. The summed E-state index contributed by atoms with van der Waals surface area (Å²) in [5.74, 6) is 0.547. The van der Waals surface area contributed by atoms with Crippen LogP contribution in [0.4, 0.5) is 0 Å². The minimum Gasteiger partial charge on any atom is -0.439 e. The molecule has 4 nitrogen and oxygen atoms in total. The van der Waals surface area contributed by atoms with Crippen LogP contribution in [0.1, 0.15) is 75.8 Å². The number of fused-ring (bicyclic) bond motifs is 1. The van der Waals surface area contributed by atoms with Crippen molar-refractivity contribution < 1.29 is 4.42 Å². The van der Waals surface area contributed by atoms with Crippen molar-refractivity contribution in [3.8, 4) is 0 Å². The quantitative estimate of drug-likeness (QED) is 0.599. The smallest absolute Gasteiger partial charge is 0.213 e. The number of hydrogen-bond acceptors (Lipinski definition) is 4. The summed E-state index contributed by atoms with van der Waals surface area (Å²) in [6.45, 7) is 2.61. The predicted octanol–water partition coefficient (Wildman–Crippen LogP) is 4.47. The fourth-order valence-corrected chi connectivity index (χ4v) is 2.93. The van der Waals surface area contributed by atoms with Crippen LogP contribution in [0.15, 0.2) is 22.6 Å². The number of para-hydroxylation sites is 1. The average Bonchev–Trinajstić information content (AvgIpc) is 3.01. The number of benzene rings is 1. The number of aryl methyl sites for hydroxylation is 1. The van der Waals surface area contributed by atoms with E-state index in [2.05, 4.69) is 18.0 Å². The molecule has 2 aromatic rings. The van der Waals surface area contributed by atoms with Gasteiger partial charge in [0.1, 0.15) is 5.52 Å². The molecule has 0 saturated heterocycles. The fraction of sp³-hybridized carbons (Fsp3) is 0.632. The van der Waals surface area contributed by atoms with Crippen molar-refractivity contribution in [1.82, 2.24) is 4.98 Å². The summed E-state index contributed by atoms with van der Waals surface area (Å²) in [7, 11) is 0. The van der Waals surface area contributed by atoms with Gasteiger partial charge in [0.15, 0.2) is 5.58 Å². The first-order chi connectivity index (χ1) is 11.3. The zero-order valence-corrected chi connectivity index (χ0v) is 14.4. The Morgan fingerprint density at radius 1 is 1.04 bits per heavy atom. The third-order valence-electron chi connectivity index (χ3n) is 4.39. The second-order valence-electron chi connectivity index (χ2n) is 6.38. The standard InChI is InChI=1S/C19H31N3O/c1-2-3-4-5-6-7-8-9-11-15-12-10-13-17-18(15)22-19(23-17)16(21)14-20/h10,12-13,16H,2-9,11,14,20-21H2,1H3. The van der Waals surface area contributed by atoms with Gasteiger partial charge in [0.05, 0.1) is 6.04 Å². The zero-order chi connectivity index (χ0) is 16.5. The third-order valence-corrected chi connectivity index (χ3v) is 4.39. The van der Waals surface area contributed by atoms with E-state index in [0.717, 1.165) is 17.5 Å². The predicted molar refractivity (Wildman–Crippen MR) is 96.3 cm³/mol. The maximum absolute atomic E-state index is 5.92. The van der Waals surface area contributed by atoms with Gasteiger partial charge < -0.3 is 15.9 Å². The highest BCUT2D eigenvalue weighted by atomic mass is 16.3. The molecule has 0 aliphatic heterocycles. The van der Waals surface area contributed by atoms with E-state index in [4.69, 9.17) is 15.9 Å². The van der Waals surface area contributed by atoms with E-state index in [1.807, 2.05) is 12.1 Å². The van der Waals surface area contributed by atoms with Crippen LogP contribution >= 0.6 is 0 Å². The van der Waals surface area contributed by atoms with Crippen LogP contribution in [0, 0.1) is 0 Å². The molecule has 1 atom stereocenters. The Morgan fingerprint density at radius 2 is 1.74 bits per heavy atom. The third kappa shape index (κ3) is 5.33. The lowest BCUT2D eigenvalue weighted by Crippen LogP contribution is -2.20. The highest BCUT2D eigenvalue weighted by Crippen LogP contribution is 2.23. The topological polar surface area (TPSA) is 78.1 Å². The summed E-state index contributed by atoms with van der Waals surface area (Å²) in [4.78, 5) is 4.56. The Hall–Kier alpha value is -1.39. The van der Waals surface area contributed by atoms with E-state index in [0.29, 0.717) is 12.4 Å². The lowest BCUT2D eigenvalue weighted by molar-refractivity contribution is 0.480. The van der Waals surface area contributed by atoms with E-state index < -0.39 is 0 Å². The van der Waals surface area contributed by atoms with Crippen molar-refractivity contribution in [3.63, 3.8) is 0 Å². The monoisotopic (exact) mass is 317 g/mol. The Bertz CT molecular complexity index is 579. The molecule has 4 N–H and O–H groups in total. The summed E-state index contributed by atoms with van der Waals surface area (Å²) >= 11 is 0. The molecular weight excluding hydrogens is 286 g/mol. The van der Waals surface area contributed by atoms with Gasteiger partial charge >= 0.3 is 0 Å². The number of oxazole rings is 1. The van der Waals surface area contributed by atoms with E-state index in [1.165, 1.54) is 56.9 Å². The van der Waals surface area contributed by atoms with E-state index in [1.54, 1.807) is 0 Å². The van der Waals surface area contributed by atoms with Gasteiger partial charge in [-0.3, -0.25) is 0 Å². The van der Waals surface area contributed by atoms with E-state index in [9.17, 15) is 0 Å². The Kier molecular flexibility index (Phi) is 7.56. The van der Waals surface area contributed by atoms with Crippen molar-refractivity contribution in [2.24, 2.45) is 11.5 Å². The first kappa shape index (κ1) is 18.0. The molecule has 4 heteroatoms. The van der Waals surface area contributed by atoms with Gasteiger partial charge in [-0.05, 0) is 24.5 Å². The highest BCUT2D eigenvalue weighted by Gasteiger charge is 2.14. The number of rotatable bonds is 11. The normalized spacial score (nSPS) is 12.8. The van der Waals surface area contributed by atoms with Crippen LogP contribution in [0.5, 0.6) is 0 Å². The molecule has 2 rings (SSSR count). The largest absolute Gasteiger partial charge is 0.439 e. The minimum absolute atomic E-state index is 0.321. The van der Waals surface area contributed by atoms with Gasteiger partial charge in [-0.15, -0.1) is 0 Å². The summed E-state index contributed by atoms with van der Waals surface area (Å²) in [6.07, 6.45) is 11.7. The summed E-state index contributed by atoms with van der Waals surface area (Å²) in [5, 5.41) is 0.